The summed E-state index contributed by atoms with van der Waals surface area (Å²) in [6, 6.07) is 11.0. The molecular formula is C21H19ClN4O4. The average Bonchev–Trinajstić information content (AvgIpc) is 3.39. The molecule has 0 bridgehead atoms. The van der Waals surface area contributed by atoms with E-state index in [1.807, 2.05) is 18.2 Å². The van der Waals surface area contributed by atoms with Crippen molar-refractivity contribution in [1.29, 1.82) is 0 Å². The second-order valence-electron chi connectivity index (χ2n) is 6.47. The number of esters is 1. The van der Waals surface area contributed by atoms with Crippen LogP contribution in [-0.2, 0) is 16.1 Å². The van der Waals surface area contributed by atoms with Crippen molar-refractivity contribution in [3.63, 3.8) is 0 Å². The number of nitrogens with zero attached hydrogens (tertiary/aromatic N) is 4. The number of carbonyl (C=O) groups excluding carboxylic acids is 1. The number of hydrogen-bond acceptors (Lipinski definition) is 7. The van der Waals surface area contributed by atoms with Crippen molar-refractivity contribution in [1.82, 2.24) is 19.9 Å². The predicted octanol–water partition coefficient (Wildman–Crippen LogP) is 4.37. The predicted molar refractivity (Wildman–Crippen MR) is 111 cm³/mol. The number of benzene rings is 2. The van der Waals surface area contributed by atoms with Crippen LogP contribution in [-0.4, -0.2) is 39.6 Å². The Kier molecular flexibility index (Phi) is 5.67. The minimum atomic E-state index is -0.240. The molecule has 0 aliphatic heterocycles. The van der Waals surface area contributed by atoms with Gasteiger partial charge in [-0.05, 0) is 43.3 Å². The van der Waals surface area contributed by atoms with E-state index >= 15 is 0 Å². The number of aryl methyl sites for hydroxylation is 1. The molecular weight excluding hydrogens is 408 g/mol. The maximum absolute atomic E-state index is 11.6. The first-order chi connectivity index (χ1) is 14.6. The van der Waals surface area contributed by atoms with Crippen molar-refractivity contribution in [2.45, 2.75) is 19.9 Å². The third-order valence-electron chi connectivity index (χ3n) is 4.56. The molecule has 30 heavy (non-hydrogen) atoms. The minimum absolute atomic E-state index is 0.240. The van der Waals surface area contributed by atoms with E-state index in [9.17, 15) is 4.79 Å². The number of ether oxygens (including phenoxy) is 2. The van der Waals surface area contributed by atoms with Crippen molar-refractivity contribution in [3.05, 3.63) is 47.6 Å². The van der Waals surface area contributed by atoms with Crippen LogP contribution < -0.4 is 4.74 Å². The van der Waals surface area contributed by atoms with Gasteiger partial charge in [0.25, 0.3) is 5.89 Å². The Morgan fingerprint density at radius 3 is 2.80 bits per heavy atom. The molecule has 2 aromatic heterocycles. The first kappa shape index (κ1) is 19.9. The van der Waals surface area contributed by atoms with Gasteiger partial charge in [0.1, 0.15) is 5.75 Å². The fourth-order valence-electron chi connectivity index (χ4n) is 3.09. The van der Waals surface area contributed by atoms with Crippen LogP contribution >= 0.6 is 11.6 Å². The van der Waals surface area contributed by atoms with Gasteiger partial charge < -0.3 is 14.0 Å². The standard InChI is InChI=1S/C21H19ClN4O4/c1-3-29-19(27)8-9-26-17-6-4-13(10-15(17)12-23-26)20-24-21(30-25-20)14-5-7-18(28-2)16(22)11-14/h4-7,10-12H,3,8-9H2,1-2H3. The molecule has 0 aliphatic rings. The molecule has 0 radical (unpaired) electrons. The number of methoxy groups -OCH3 is 1. The first-order valence-corrected chi connectivity index (χ1v) is 9.76. The summed E-state index contributed by atoms with van der Waals surface area (Å²) in [4.78, 5) is 16.1. The van der Waals surface area contributed by atoms with Crippen molar-refractivity contribution in [2.24, 2.45) is 0 Å². The average molecular weight is 427 g/mol. The summed E-state index contributed by atoms with van der Waals surface area (Å²) >= 11 is 6.18. The fraction of sp³-hybridized carbons (Fsp3) is 0.238. The largest absolute Gasteiger partial charge is 0.495 e. The van der Waals surface area contributed by atoms with Gasteiger partial charge in [-0.1, -0.05) is 16.8 Å². The van der Waals surface area contributed by atoms with Gasteiger partial charge in [0.15, 0.2) is 0 Å². The van der Waals surface area contributed by atoms with E-state index in [1.54, 1.807) is 43.1 Å². The second kappa shape index (κ2) is 8.54. The molecule has 0 saturated heterocycles. The molecule has 2 aromatic carbocycles. The summed E-state index contributed by atoms with van der Waals surface area (Å²) in [5, 5.41) is 9.82. The number of hydrogen-bond donors (Lipinski definition) is 0. The third-order valence-corrected chi connectivity index (χ3v) is 4.85. The molecule has 0 N–H and O–H groups in total. The topological polar surface area (TPSA) is 92.3 Å². The van der Waals surface area contributed by atoms with Crippen LogP contribution in [0.5, 0.6) is 5.75 Å². The van der Waals surface area contributed by atoms with Crippen molar-refractivity contribution in [2.75, 3.05) is 13.7 Å². The van der Waals surface area contributed by atoms with Crippen molar-refractivity contribution >= 4 is 28.5 Å². The highest BCUT2D eigenvalue weighted by Gasteiger charge is 2.14. The molecule has 0 fully saturated rings. The molecule has 0 spiro atoms. The highest BCUT2D eigenvalue weighted by molar-refractivity contribution is 6.32. The Hall–Kier alpha value is -3.39. The van der Waals surface area contributed by atoms with E-state index in [-0.39, 0.29) is 12.4 Å². The lowest BCUT2D eigenvalue weighted by Crippen LogP contribution is -2.09. The van der Waals surface area contributed by atoms with Crippen molar-refractivity contribution < 1.29 is 18.8 Å². The molecule has 0 unspecified atom stereocenters. The van der Waals surface area contributed by atoms with E-state index in [0.29, 0.717) is 41.2 Å². The van der Waals surface area contributed by atoms with Crippen LogP contribution in [0.25, 0.3) is 33.7 Å². The second-order valence-corrected chi connectivity index (χ2v) is 6.88. The summed E-state index contributed by atoms with van der Waals surface area (Å²) < 4.78 is 17.3. The number of aromatic nitrogens is 4. The third kappa shape index (κ3) is 3.99. The van der Waals surface area contributed by atoms with Crippen LogP contribution in [0.15, 0.2) is 47.1 Å². The van der Waals surface area contributed by atoms with E-state index in [4.69, 9.17) is 25.6 Å². The highest BCUT2D eigenvalue weighted by Crippen LogP contribution is 2.31. The lowest BCUT2D eigenvalue weighted by Gasteiger charge is -2.04. The van der Waals surface area contributed by atoms with Crippen LogP contribution in [0.3, 0.4) is 0 Å². The molecule has 4 rings (SSSR count). The Balaban J connectivity index is 1.56. The maximum atomic E-state index is 11.6. The van der Waals surface area contributed by atoms with Gasteiger partial charge in [-0.3, -0.25) is 9.48 Å². The molecule has 0 atom stereocenters. The SMILES string of the molecule is CCOC(=O)CCn1ncc2cc(-c3noc(-c4ccc(OC)c(Cl)c4)n3)ccc21. The first-order valence-electron chi connectivity index (χ1n) is 9.38. The van der Waals surface area contributed by atoms with Gasteiger partial charge >= 0.3 is 5.97 Å². The summed E-state index contributed by atoms with van der Waals surface area (Å²) in [6.07, 6.45) is 2.01. The van der Waals surface area contributed by atoms with Crippen LogP contribution in [0.2, 0.25) is 5.02 Å². The Bertz CT molecular complexity index is 1200. The van der Waals surface area contributed by atoms with Gasteiger partial charge in [-0.15, -0.1) is 0 Å². The monoisotopic (exact) mass is 426 g/mol. The molecule has 4 aromatic rings. The van der Waals surface area contributed by atoms with Gasteiger partial charge in [0, 0.05) is 16.5 Å². The lowest BCUT2D eigenvalue weighted by atomic mass is 10.1. The normalized spacial score (nSPS) is 11.0. The van der Waals surface area contributed by atoms with Crippen LogP contribution in [0, 0.1) is 0 Å². The van der Waals surface area contributed by atoms with Crippen LogP contribution in [0.4, 0.5) is 0 Å². The lowest BCUT2D eigenvalue weighted by molar-refractivity contribution is -0.143. The molecule has 2 heterocycles. The molecule has 0 aliphatic carbocycles. The van der Waals surface area contributed by atoms with E-state index in [0.717, 1.165) is 16.5 Å². The Morgan fingerprint density at radius 1 is 1.20 bits per heavy atom. The van der Waals surface area contributed by atoms with Crippen molar-refractivity contribution in [3.8, 4) is 28.6 Å². The zero-order valence-electron chi connectivity index (χ0n) is 16.5. The number of halogens is 1. The summed E-state index contributed by atoms with van der Waals surface area (Å²) in [7, 11) is 1.56. The van der Waals surface area contributed by atoms with Gasteiger partial charge in [-0.2, -0.15) is 10.1 Å². The zero-order valence-corrected chi connectivity index (χ0v) is 17.2. The van der Waals surface area contributed by atoms with Gasteiger partial charge in [0.05, 0.1) is 43.4 Å². The molecule has 8 nitrogen and oxygen atoms in total. The number of fused-ring (bicyclic) bond motifs is 1. The number of carbonyl (C=O) groups is 1. The quantitative estimate of drug-likeness (QED) is 0.405. The fourth-order valence-corrected chi connectivity index (χ4v) is 3.35. The maximum Gasteiger partial charge on any atom is 0.307 e. The highest BCUT2D eigenvalue weighted by atomic mass is 35.5. The zero-order chi connectivity index (χ0) is 21.1. The summed E-state index contributed by atoms with van der Waals surface area (Å²) in [6.45, 7) is 2.61. The minimum Gasteiger partial charge on any atom is -0.495 e. The van der Waals surface area contributed by atoms with Crippen LogP contribution in [0.1, 0.15) is 13.3 Å². The Morgan fingerprint density at radius 2 is 2.03 bits per heavy atom. The van der Waals surface area contributed by atoms with E-state index < -0.39 is 0 Å². The molecule has 154 valence electrons. The van der Waals surface area contributed by atoms with E-state index in [1.165, 1.54) is 0 Å². The summed E-state index contributed by atoms with van der Waals surface area (Å²) in [5.74, 6) is 1.15. The Labute approximate surface area is 177 Å². The molecule has 0 amide bonds. The summed E-state index contributed by atoms with van der Waals surface area (Å²) in [5.41, 5.74) is 2.41. The smallest absolute Gasteiger partial charge is 0.307 e. The van der Waals surface area contributed by atoms with E-state index in [2.05, 4.69) is 15.2 Å². The number of rotatable bonds is 7. The molecule has 0 saturated carbocycles. The molecule has 9 heteroatoms. The van der Waals surface area contributed by atoms with Gasteiger partial charge in [-0.25, -0.2) is 0 Å². The van der Waals surface area contributed by atoms with Gasteiger partial charge in [0.2, 0.25) is 5.82 Å².